The summed E-state index contributed by atoms with van der Waals surface area (Å²) in [5, 5.41) is 11.2. The Morgan fingerprint density at radius 1 is 1.28 bits per heavy atom. The first-order valence-electron chi connectivity index (χ1n) is 6.78. The predicted molar refractivity (Wildman–Crippen MR) is 79.2 cm³/mol. The zero-order valence-corrected chi connectivity index (χ0v) is 13.4. The molecular weight excluding hydrogens is 242 g/mol. The SMILES string of the molecule is Cc1nc(CC(O)CC(C)CC(C)(C)C)sc1C. The summed E-state index contributed by atoms with van der Waals surface area (Å²) in [6.45, 7) is 13.1. The van der Waals surface area contributed by atoms with Crippen molar-refractivity contribution in [3.05, 3.63) is 15.6 Å². The Morgan fingerprint density at radius 2 is 1.89 bits per heavy atom. The molecule has 1 aromatic heterocycles. The molecule has 0 fully saturated rings. The third-order valence-corrected chi connectivity index (χ3v) is 4.21. The molecule has 0 amide bonds. The van der Waals surface area contributed by atoms with Crippen molar-refractivity contribution in [2.24, 2.45) is 11.3 Å². The predicted octanol–water partition coefficient (Wildman–Crippen LogP) is 4.13. The molecule has 18 heavy (non-hydrogen) atoms. The van der Waals surface area contributed by atoms with Gasteiger partial charge in [-0.15, -0.1) is 11.3 Å². The summed E-state index contributed by atoms with van der Waals surface area (Å²) in [5.74, 6) is 0.558. The Bertz CT molecular complexity index is 359. The van der Waals surface area contributed by atoms with Gasteiger partial charge in [0.05, 0.1) is 16.8 Å². The highest BCUT2D eigenvalue weighted by atomic mass is 32.1. The second kappa shape index (κ2) is 6.16. The fourth-order valence-corrected chi connectivity index (χ4v) is 3.51. The number of thiazole rings is 1. The summed E-state index contributed by atoms with van der Waals surface area (Å²) >= 11 is 1.71. The van der Waals surface area contributed by atoms with E-state index in [0.29, 0.717) is 17.8 Å². The molecule has 0 bridgehead atoms. The van der Waals surface area contributed by atoms with E-state index in [4.69, 9.17) is 0 Å². The highest BCUT2D eigenvalue weighted by Crippen LogP contribution is 2.27. The third kappa shape index (κ3) is 5.49. The standard InChI is InChI=1S/C15H27NOS/c1-10(9-15(4,5)6)7-13(17)8-14-16-11(2)12(3)18-14/h10,13,17H,7-9H2,1-6H3. The van der Waals surface area contributed by atoms with Crippen LogP contribution in [0.4, 0.5) is 0 Å². The van der Waals surface area contributed by atoms with Crippen LogP contribution in [0.2, 0.25) is 0 Å². The van der Waals surface area contributed by atoms with Crippen LogP contribution in [0.3, 0.4) is 0 Å². The molecule has 3 heteroatoms. The first kappa shape index (κ1) is 15.6. The van der Waals surface area contributed by atoms with E-state index in [9.17, 15) is 5.11 Å². The minimum absolute atomic E-state index is 0.257. The van der Waals surface area contributed by atoms with Gasteiger partial charge in [-0.3, -0.25) is 0 Å². The van der Waals surface area contributed by atoms with Crippen molar-refractivity contribution in [1.29, 1.82) is 0 Å². The monoisotopic (exact) mass is 269 g/mol. The lowest BCUT2D eigenvalue weighted by atomic mass is 9.83. The van der Waals surface area contributed by atoms with Gasteiger partial charge in [-0.1, -0.05) is 27.7 Å². The molecule has 1 aromatic rings. The Labute approximate surface area is 115 Å². The van der Waals surface area contributed by atoms with Crippen LogP contribution in [0.1, 0.15) is 56.1 Å². The maximum Gasteiger partial charge on any atom is 0.0956 e. The van der Waals surface area contributed by atoms with Crippen molar-refractivity contribution in [2.45, 2.75) is 66.9 Å². The van der Waals surface area contributed by atoms with Gasteiger partial charge in [-0.25, -0.2) is 4.98 Å². The minimum Gasteiger partial charge on any atom is -0.393 e. The van der Waals surface area contributed by atoms with E-state index in [2.05, 4.69) is 39.6 Å². The van der Waals surface area contributed by atoms with Crippen molar-refractivity contribution in [1.82, 2.24) is 4.98 Å². The molecule has 0 saturated carbocycles. The van der Waals surface area contributed by atoms with Crippen LogP contribution in [0.25, 0.3) is 0 Å². The highest BCUT2D eigenvalue weighted by Gasteiger charge is 2.19. The number of hydrogen-bond donors (Lipinski definition) is 1. The normalized spacial score (nSPS) is 15.7. The topological polar surface area (TPSA) is 33.1 Å². The van der Waals surface area contributed by atoms with Gasteiger partial charge in [-0.2, -0.15) is 0 Å². The van der Waals surface area contributed by atoms with E-state index >= 15 is 0 Å². The van der Waals surface area contributed by atoms with Crippen LogP contribution in [0, 0.1) is 25.2 Å². The van der Waals surface area contributed by atoms with Gasteiger partial charge in [0.1, 0.15) is 0 Å². The Kier molecular flexibility index (Phi) is 5.35. The van der Waals surface area contributed by atoms with Crippen molar-refractivity contribution < 1.29 is 5.11 Å². The highest BCUT2D eigenvalue weighted by molar-refractivity contribution is 7.11. The van der Waals surface area contributed by atoms with Gasteiger partial charge in [0, 0.05) is 11.3 Å². The van der Waals surface area contributed by atoms with Gasteiger partial charge < -0.3 is 5.11 Å². The van der Waals surface area contributed by atoms with Gasteiger partial charge >= 0.3 is 0 Å². The summed E-state index contributed by atoms with van der Waals surface area (Å²) in [5.41, 5.74) is 1.44. The van der Waals surface area contributed by atoms with E-state index in [0.717, 1.165) is 23.5 Å². The lowest BCUT2D eigenvalue weighted by molar-refractivity contribution is 0.133. The van der Waals surface area contributed by atoms with Crippen molar-refractivity contribution >= 4 is 11.3 Å². The number of aliphatic hydroxyl groups excluding tert-OH is 1. The van der Waals surface area contributed by atoms with E-state index < -0.39 is 0 Å². The summed E-state index contributed by atoms with van der Waals surface area (Å²) in [7, 11) is 0. The molecule has 0 aliphatic carbocycles. The van der Waals surface area contributed by atoms with Gasteiger partial charge in [-0.05, 0) is 38.0 Å². The molecule has 0 aromatic carbocycles. The van der Waals surface area contributed by atoms with E-state index in [1.54, 1.807) is 11.3 Å². The quantitative estimate of drug-likeness (QED) is 0.872. The molecule has 0 spiro atoms. The van der Waals surface area contributed by atoms with Crippen LogP contribution >= 0.6 is 11.3 Å². The molecule has 2 unspecified atom stereocenters. The van der Waals surface area contributed by atoms with Crippen LogP contribution < -0.4 is 0 Å². The van der Waals surface area contributed by atoms with Gasteiger partial charge in [0.2, 0.25) is 0 Å². The van der Waals surface area contributed by atoms with Gasteiger partial charge in [0.15, 0.2) is 0 Å². The molecule has 2 nitrogen and oxygen atoms in total. The first-order valence-corrected chi connectivity index (χ1v) is 7.60. The number of rotatable bonds is 5. The molecule has 104 valence electrons. The molecular formula is C15H27NOS. The zero-order valence-electron chi connectivity index (χ0n) is 12.6. The summed E-state index contributed by atoms with van der Waals surface area (Å²) in [4.78, 5) is 5.75. The van der Waals surface area contributed by atoms with E-state index in [1.807, 2.05) is 6.92 Å². The molecule has 1 rings (SSSR count). The van der Waals surface area contributed by atoms with Crippen molar-refractivity contribution in [2.75, 3.05) is 0 Å². The maximum atomic E-state index is 10.1. The van der Waals surface area contributed by atoms with Crippen molar-refractivity contribution in [3.63, 3.8) is 0 Å². The molecule has 0 radical (unpaired) electrons. The number of aromatic nitrogens is 1. The molecule has 1 N–H and O–H groups in total. The van der Waals surface area contributed by atoms with Crippen LogP contribution in [0.15, 0.2) is 0 Å². The van der Waals surface area contributed by atoms with E-state index in [-0.39, 0.29) is 6.10 Å². The number of hydrogen-bond acceptors (Lipinski definition) is 3. The second-order valence-corrected chi connectivity index (χ2v) is 8.00. The number of aliphatic hydroxyl groups is 1. The fraction of sp³-hybridized carbons (Fsp3) is 0.800. The van der Waals surface area contributed by atoms with Crippen LogP contribution in [-0.4, -0.2) is 16.2 Å². The molecule has 1 heterocycles. The molecule has 0 saturated heterocycles. The second-order valence-electron chi connectivity index (χ2n) is 6.71. The smallest absolute Gasteiger partial charge is 0.0956 e. The van der Waals surface area contributed by atoms with E-state index in [1.165, 1.54) is 4.88 Å². The Balaban J connectivity index is 2.44. The number of nitrogens with zero attached hydrogens (tertiary/aromatic N) is 1. The third-order valence-electron chi connectivity index (χ3n) is 3.12. The molecule has 0 aliphatic rings. The van der Waals surface area contributed by atoms with Crippen LogP contribution in [0.5, 0.6) is 0 Å². The lowest BCUT2D eigenvalue weighted by Crippen LogP contribution is -2.18. The summed E-state index contributed by atoms with van der Waals surface area (Å²) < 4.78 is 0. The molecule has 0 aliphatic heterocycles. The summed E-state index contributed by atoms with van der Waals surface area (Å²) in [6.07, 6.45) is 2.47. The van der Waals surface area contributed by atoms with Crippen LogP contribution in [-0.2, 0) is 6.42 Å². The molecule has 2 atom stereocenters. The Morgan fingerprint density at radius 3 is 2.33 bits per heavy atom. The summed E-state index contributed by atoms with van der Waals surface area (Å²) in [6, 6.07) is 0. The average Bonchev–Trinajstić information content (AvgIpc) is 2.41. The average molecular weight is 269 g/mol. The van der Waals surface area contributed by atoms with Gasteiger partial charge in [0.25, 0.3) is 0 Å². The number of aryl methyl sites for hydroxylation is 2. The maximum absolute atomic E-state index is 10.1. The lowest BCUT2D eigenvalue weighted by Gasteiger charge is -2.24. The zero-order chi connectivity index (χ0) is 13.9. The Hall–Kier alpha value is -0.410. The van der Waals surface area contributed by atoms with Crippen molar-refractivity contribution in [3.8, 4) is 0 Å². The largest absolute Gasteiger partial charge is 0.393 e. The minimum atomic E-state index is -0.257. The fourth-order valence-electron chi connectivity index (χ4n) is 2.50. The first-order chi connectivity index (χ1) is 8.17.